The molecule has 0 aromatic heterocycles. The highest BCUT2D eigenvalue weighted by atomic mass is 32.1. The van der Waals surface area contributed by atoms with E-state index in [1.54, 1.807) is 0 Å². The summed E-state index contributed by atoms with van der Waals surface area (Å²) in [6.07, 6.45) is 10.5. The number of hydrogen-bond acceptors (Lipinski definition) is 2. The lowest BCUT2D eigenvalue weighted by Gasteiger charge is -2.31. The minimum atomic E-state index is 0.314. The van der Waals surface area contributed by atoms with Crippen molar-refractivity contribution in [2.24, 2.45) is 0 Å². The first-order chi connectivity index (χ1) is 13.1. The van der Waals surface area contributed by atoms with Gasteiger partial charge in [-0.1, -0.05) is 63.8 Å². The van der Waals surface area contributed by atoms with Gasteiger partial charge in [0, 0.05) is 25.7 Å². The van der Waals surface area contributed by atoms with Crippen LogP contribution < -0.4 is 5.32 Å². The Labute approximate surface area is 170 Å². The predicted octanol–water partition coefficient (Wildman–Crippen LogP) is 5.39. The molecule has 1 saturated carbocycles. The third-order valence-corrected chi connectivity index (χ3v) is 6.31. The van der Waals surface area contributed by atoms with Crippen LogP contribution in [0.25, 0.3) is 0 Å². The van der Waals surface area contributed by atoms with Gasteiger partial charge in [0.15, 0.2) is 5.11 Å². The van der Waals surface area contributed by atoms with Crippen LogP contribution in [0.3, 0.4) is 0 Å². The number of rotatable bonds is 6. The molecule has 0 spiro atoms. The van der Waals surface area contributed by atoms with E-state index in [0.717, 1.165) is 31.2 Å². The van der Waals surface area contributed by atoms with Crippen LogP contribution in [0.5, 0.6) is 0 Å². The second kappa shape index (κ2) is 10.4. The Hall–Kier alpha value is -1.13. The number of hydrogen-bond donors (Lipinski definition) is 1. The number of ether oxygens (including phenoxy) is 1. The number of thiocarbonyl (C=S) groups is 1. The highest BCUT2D eigenvalue weighted by Gasteiger charge is 2.23. The Morgan fingerprint density at radius 1 is 1.07 bits per heavy atom. The molecule has 27 heavy (non-hydrogen) atoms. The molecule has 150 valence electrons. The Bertz CT molecular complexity index is 573. The monoisotopic (exact) mass is 388 g/mol. The molecule has 1 N–H and O–H groups in total. The lowest BCUT2D eigenvalue weighted by Crippen LogP contribution is -2.46. The average Bonchev–Trinajstić information content (AvgIpc) is 3.04. The highest BCUT2D eigenvalue weighted by Crippen LogP contribution is 2.20. The molecule has 1 saturated heterocycles. The number of benzene rings is 1. The lowest BCUT2D eigenvalue weighted by atomic mass is 10.0. The van der Waals surface area contributed by atoms with Crippen molar-refractivity contribution in [2.45, 2.75) is 89.8 Å². The predicted molar refractivity (Wildman–Crippen MR) is 117 cm³/mol. The Kier molecular flexibility index (Phi) is 7.95. The summed E-state index contributed by atoms with van der Waals surface area (Å²) in [7, 11) is 0. The zero-order valence-corrected chi connectivity index (χ0v) is 17.9. The van der Waals surface area contributed by atoms with Crippen LogP contribution >= 0.6 is 12.2 Å². The van der Waals surface area contributed by atoms with Crippen molar-refractivity contribution in [3.63, 3.8) is 0 Å². The molecule has 1 aromatic carbocycles. The molecule has 3 rings (SSSR count). The van der Waals surface area contributed by atoms with E-state index >= 15 is 0 Å². The zero-order chi connectivity index (χ0) is 19.1. The second-order valence-corrected chi connectivity index (χ2v) is 8.94. The van der Waals surface area contributed by atoms with Crippen LogP contribution in [0.4, 0.5) is 0 Å². The molecule has 0 amide bonds. The van der Waals surface area contributed by atoms with Gasteiger partial charge in [0.1, 0.15) is 0 Å². The minimum absolute atomic E-state index is 0.314. The van der Waals surface area contributed by atoms with E-state index in [-0.39, 0.29) is 0 Å². The lowest BCUT2D eigenvalue weighted by molar-refractivity contribution is 0.0895. The fourth-order valence-electron chi connectivity index (χ4n) is 4.17. The molecular formula is C23H36N2OS. The summed E-state index contributed by atoms with van der Waals surface area (Å²) in [5.41, 5.74) is 2.71. The molecule has 1 heterocycles. The van der Waals surface area contributed by atoms with Gasteiger partial charge in [-0.15, -0.1) is 0 Å². The van der Waals surface area contributed by atoms with Gasteiger partial charge in [-0.3, -0.25) is 0 Å². The Balaban J connectivity index is 1.64. The van der Waals surface area contributed by atoms with Crippen LogP contribution in [0, 0.1) is 0 Å². The van der Waals surface area contributed by atoms with Gasteiger partial charge in [-0.2, -0.15) is 0 Å². The molecular weight excluding hydrogens is 352 g/mol. The van der Waals surface area contributed by atoms with Crippen LogP contribution in [-0.4, -0.2) is 35.3 Å². The fourth-order valence-corrected chi connectivity index (χ4v) is 4.48. The SMILES string of the molecule is CC(C)c1ccc(CN(C[C@H]2CCCO2)C(=S)NC2CCCCCC2)cc1. The molecule has 1 aliphatic heterocycles. The van der Waals surface area contributed by atoms with Crippen LogP contribution in [0.15, 0.2) is 24.3 Å². The minimum Gasteiger partial charge on any atom is -0.376 e. The Morgan fingerprint density at radius 3 is 2.37 bits per heavy atom. The molecule has 4 heteroatoms. The van der Waals surface area contributed by atoms with Gasteiger partial charge in [0.2, 0.25) is 0 Å². The molecule has 0 bridgehead atoms. The van der Waals surface area contributed by atoms with Crippen molar-refractivity contribution >= 4 is 17.3 Å². The molecule has 3 nitrogen and oxygen atoms in total. The average molecular weight is 389 g/mol. The fraction of sp³-hybridized carbons (Fsp3) is 0.696. The van der Waals surface area contributed by atoms with E-state index in [1.165, 1.54) is 56.1 Å². The molecule has 2 aliphatic rings. The maximum absolute atomic E-state index is 5.90. The summed E-state index contributed by atoms with van der Waals surface area (Å²) >= 11 is 5.86. The van der Waals surface area contributed by atoms with Crippen molar-refractivity contribution < 1.29 is 4.74 Å². The largest absolute Gasteiger partial charge is 0.376 e. The van der Waals surface area contributed by atoms with Crippen molar-refractivity contribution in [3.8, 4) is 0 Å². The highest BCUT2D eigenvalue weighted by molar-refractivity contribution is 7.80. The van der Waals surface area contributed by atoms with Crippen molar-refractivity contribution in [1.82, 2.24) is 10.2 Å². The Morgan fingerprint density at radius 2 is 1.78 bits per heavy atom. The van der Waals surface area contributed by atoms with Crippen LogP contribution in [0.2, 0.25) is 0 Å². The molecule has 0 radical (unpaired) electrons. The van der Waals surface area contributed by atoms with Crippen molar-refractivity contribution in [1.29, 1.82) is 0 Å². The third-order valence-electron chi connectivity index (χ3n) is 5.94. The van der Waals surface area contributed by atoms with E-state index in [1.807, 2.05) is 0 Å². The van der Waals surface area contributed by atoms with E-state index in [9.17, 15) is 0 Å². The standard InChI is InChI=1S/C23H36N2OS/c1-18(2)20-13-11-19(12-14-20)16-25(17-22-10-7-15-26-22)23(27)24-21-8-5-3-4-6-9-21/h11-14,18,21-22H,3-10,15-17H2,1-2H3,(H,24,27)/t22-/m1/s1. The van der Waals surface area contributed by atoms with Gasteiger partial charge in [0.05, 0.1) is 6.10 Å². The van der Waals surface area contributed by atoms with Gasteiger partial charge < -0.3 is 15.0 Å². The molecule has 1 atom stereocenters. The summed E-state index contributed by atoms with van der Waals surface area (Å²) in [5, 5.41) is 4.59. The zero-order valence-electron chi connectivity index (χ0n) is 17.1. The van der Waals surface area contributed by atoms with E-state index in [4.69, 9.17) is 17.0 Å². The van der Waals surface area contributed by atoms with E-state index in [0.29, 0.717) is 18.1 Å². The van der Waals surface area contributed by atoms with Gasteiger partial charge in [-0.25, -0.2) is 0 Å². The quantitative estimate of drug-likeness (QED) is 0.522. The van der Waals surface area contributed by atoms with Crippen LogP contribution in [-0.2, 0) is 11.3 Å². The smallest absolute Gasteiger partial charge is 0.169 e. The first-order valence-corrected chi connectivity index (χ1v) is 11.3. The molecule has 0 unspecified atom stereocenters. The summed E-state index contributed by atoms with van der Waals surface area (Å²) in [6, 6.07) is 9.56. The summed E-state index contributed by atoms with van der Waals surface area (Å²) in [6.45, 7) is 7.13. The summed E-state index contributed by atoms with van der Waals surface area (Å²) in [5.74, 6) is 0.569. The first-order valence-electron chi connectivity index (χ1n) is 10.9. The van der Waals surface area contributed by atoms with Crippen LogP contribution in [0.1, 0.15) is 82.3 Å². The van der Waals surface area contributed by atoms with E-state index in [2.05, 4.69) is 48.3 Å². The summed E-state index contributed by atoms with van der Waals surface area (Å²) in [4.78, 5) is 2.33. The second-order valence-electron chi connectivity index (χ2n) is 8.55. The van der Waals surface area contributed by atoms with Gasteiger partial charge >= 0.3 is 0 Å². The molecule has 1 aromatic rings. The number of nitrogens with one attached hydrogen (secondary N) is 1. The van der Waals surface area contributed by atoms with Gasteiger partial charge in [-0.05, 0) is 54.9 Å². The maximum Gasteiger partial charge on any atom is 0.169 e. The molecule has 1 aliphatic carbocycles. The summed E-state index contributed by atoms with van der Waals surface area (Å²) < 4.78 is 5.90. The topological polar surface area (TPSA) is 24.5 Å². The van der Waals surface area contributed by atoms with Crippen molar-refractivity contribution in [3.05, 3.63) is 35.4 Å². The van der Waals surface area contributed by atoms with E-state index < -0.39 is 0 Å². The molecule has 2 fully saturated rings. The normalized spacial score (nSPS) is 21.2. The first kappa shape index (κ1) is 20.6. The maximum atomic E-state index is 5.90. The van der Waals surface area contributed by atoms with Gasteiger partial charge in [0.25, 0.3) is 0 Å². The third kappa shape index (κ3) is 6.46. The van der Waals surface area contributed by atoms with Crippen molar-refractivity contribution in [2.75, 3.05) is 13.2 Å². The number of nitrogens with zero attached hydrogens (tertiary/aromatic N) is 1.